The second-order valence-corrected chi connectivity index (χ2v) is 5.14. The number of ether oxygens (including phenoxy) is 1. The zero-order valence-electron chi connectivity index (χ0n) is 11.8. The maximum Gasteiger partial charge on any atom is 0.158 e. The highest BCUT2D eigenvalue weighted by atomic mass is 79.9. The number of hydrazine groups is 1. The molecule has 112 valence electrons. The Bertz CT molecular complexity index is 593. The fourth-order valence-electron chi connectivity index (χ4n) is 1.75. The van der Waals surface area contributed by atoms with E-state index in [1.165, 1.54) is 0 Å². The maximum absolute atomic E-state index is 5.43. The first-order valence-corrected chi connectivity index (χ1v) is 7.41. The van der Waals surface area contributed by atoms with Gasteiger partial charge in [-0.05, 0) is 18.6 Å². The molecule has 0 saturated heterocycles. The van der Waals surface area contributed by atoms with Gasteiger partial charge in [0, 0.05) is 23.7 Å². The number of hydrogen-bond acceptors (Lipinski definition) is 6. The van der Waals surface area contributed by atoms with Crippen molar-refractivity contribution in [1.29, 1.82) is 0 Å². The molecule has 6 nitrogen and oxygen atoms in total. The van der Waals surface area contributed by atoms with Crippen LogP contribution in [0.25, 0.3) is 0 Å². The van der Waals surface area contributed by atoms with Crippen LogP contribution in [0, 0.1) is 0 Å². The second-order valence-electron chi connectivity index (χ2n) is 4.28. The highest BCUT2D eigenvalue weighted by molar-refractivity contribution is 9.10. The zero-order valence-corrected chi connectivity index (χ0v) is 13.4. The van der Waals surface area contributed by atoms with Gasteiger partial charge in [-0.3, -0.25) is 0 Å². The Kier molecular flexibility index (Phi) is 5.91. The molecule has 0 bridgehead atoms. The van der Waals surface area contributed by atoms with Gasteiger partial charge < -0.3 is 15.5 Å². The minimum absolute atomic E-state index is 0.357. The van der Waals surface area contributed by atoms with Crippen molar-refractivity contribution in [3.63, 3.8) is 0 Å². The van der Waals surface area contributed by atoms with Crippen LogP contribution in [0.1, 0.15) is 18.3 Å². The van der Waals surface area contributed by atoms with E-state index in [1.54, 1.807) is 6.07 Å². The van der Waals surface area contributed by atoms with Crippen LogP contribution < -0.4 is 16.6 Å². The SMILES string of the molecule is CCOCc1nc(NN)cc(NCc2ccccc2Br)n1. The number of nitrogens with zero attached hydrogens (tertiary/aromatic N) is 2. The molecule has 1 aromatic carbocycles. The van der Waals surface area contributed by atoms with E-state index in [4.69, 9.17) is 10.6 Å². The van der Waals surface area contributed by atoms with Gasteiger partial charge in [-0.25, -0.2) is 15.8 Å². The Morgan fingerprint density at radius 3 is 2.71 bits per heavy atom. The minimum Gasteiger partial charge on any atom is -0.374 e. The molecule has 0 spiro atoms. The van der Waals surface area contributed by atoms with E-state index in [2.05, 4.69) is 36.6 Å². The van der Waals surface area contributed by atoms with Gasteiger partial charge in [0.15, 0.2) is 5.82 Å². The average Bonchev–Trinajstić information content (AvgIpc) is 2.52. The van der Waals surface area contributed by atoms with E-state index in [0.717, 1.165) is 10.0 Å². The highest BCUT2D eigenvalue weighted by Crippen LogP contribution is 2.18. The standard InChI is InChI=1S/C14H18BrN5O/c1-2-21-9-14-18-12(7-13(19-14)20-16)17-8-10-5-3-4-6-11(10)15/h3-7H,2,8-9,16H2,1H3,(H2,17,18,19,20). The number of nitrogens with two attached hydrogens (primary N) is 1. The fourth-order valence-corrected chi connectivity index (χ4v) is 2.17. The van der Waals surface area contributed by atoms with Crippen LogP contribution in [0.3, 0.4) is 0 Å². The minimum atomic E-state index is 0.357. The summed E-state index contributed by atoms with van der Waals surface area (Å²) in [6.45, 7) is 3.55. The number of rotatable bonds is 7. The molecule has 7 heteroatoms. The van der Waals surface area contributed by atoms with Gasteiger partial charge >= 0.3 is 0 Å². The van der Waals surface area contributed by atoms with Crippen molar-refractivity contribution in [1.82, 2.24) is 9.97 Å². The Morgan fingerprint density at radius 2 is 2.00 bits per heavy atom. The lowest BCUT2D eigenvalue weighted by Crippen LogP contribution is -2.13. The maximum atomic E-state index is 5.43. The summed E-state index contributed by atoms with van der Waals surface area (Å²) in [4.78, 5) is 8.65. The van der Waals surface area contributed by atoms with Gasteiger partial charge in [-0.15, -0.1) is 0 Å². The van der Waals surface area contributed by atoms with Crippen LogP contribution in [-0.2, 0) is 17.9 Å². The van der Waals surface area contributed by atoms with Crippen molar-refractivity contribution < 1.29 is 4.74 Å². The fraction of sp³-hybridized carbons (Fsp3) is 0.286. The van der Waals surface area contributed by atoms with E-state index in [1.807, 2.05) is 31.2 Å². The molecule has 0 aliphatic heterocycles. The molecule has 2 rings (SSSR count). The summed E-state index contributed by atoms with van der Waals surface area (Å²) in [7, 11) is 0. The zero-order chi connectivity index (χ0) is 15.1. The van der Waals surface area contributed by atoms with Gasteiger partial charge in [-0.2, -0.15) is 0 Å². The van der Waals surface area contributed by atoms with Crippen LogP contribution in [0.4, 0.5) is 11.6 Å². The Morgan fingerprint density at radius 1 is 1.24 bits per heavy atom. The first kappa shape index (κ1) is 15.7. The summed E-state index contributed by atoms with van der Waals surface area (Å²) in [5.41, 5.74) is 3.68. The van der Waals surface area contributed by atoms with E-state index < -0.39 is 0 Å². The number of halogens is 1. The van der Waals surface area contributed by atoms with Gasteiger partial charge in [0.2, 0.25) is 0 Å². The normalized spacial score (nSPS) is 10.4. The molecule has 1 heterocycles. The summed E-state index contributed by atoms with van der Waals surface area (Å²) < 4.78 is 6.38. The van der Waals surface area contributed by atoms with Crippen LogP contribution in [0.15, 0.2) is 34.8 Å². The molecule has 21 heavy (non-hydrogen) atoms. The second kappa shape index (κ2) is 7.92. The van der Waals surface area contributed by atoms with Crippen LogP contribution in [0.2, 0.25) is 0 Å². The molecule has 1 aromatic heterocycles. The molecule has 4 N–H and O–H groups in total. The number of hydrogen-bond donors (Lipinski definition) is 3. The topological polar surface area (TPSA) is 85.1 Å². The number of nitrogen functional groups attached to an aromatic ring is 1. The van der Waals surface area contributed by atoms with Gasteiger partial charge in [0.1, 0.15) is 18.2 Å². The molecule has 0 atom stereocenters. The summed E-state index contributed by atoms with van der Waals surface area (Å²) in [6, 6.07) is 9.78. The number of anilines is 2. The van der Waals surface area contributed by atoms with Crippen molar-refractivity contribution in [3.05, 3.63) is 46.2 Å². The number of aromatic nitrogens is 2. The van der Waals surface area contributed by atoms with E-state index in [-0.39, 0.29) is 0 Å². The number of nitrogens with one attached hydrogen (secondary N) is 2. The van der Waals surface area contributed by atoms with Crippen molar-refractivity contribution in [3.8, 4) is 0 Å². The van der Waals surface area contributed by atoms with Gasteiger partial charge in [0.25, 0.3) is 0 Å². The smallest absolute Gasteiger partial charge is 0.158 e. The monoisotopic (exact) mass is 351 g/mol. The van der Waals surface area contributed by atoms with Crippen molar-refractivity contribution in [2.45, 2.75) is 20.1 Å². The molecular formula is C14H18BrN5O. The molecule has 0 aliphatic rings. The van der Waals surface area contributed by atoms with Gasteiger partial charge in [-0.1, -0.05) is 34.1 Å². The largest absolute Gasteiger partial charge is 0.374 e. The molecule has 0 aliphatic carbocycles. The predicted molar refractivity (Wildman–Crippen MR) is 86.6 cm³/mol. The van der Waals surface area contributed by atoms with Crippen LogP contribution in [-0.4, -0.2) is 16.6 Å². The highest BCUT2D eigenvalue weighted by Gasteiger charge is 2.05. The third-order valence-corrected chi connectivity index (χ3v) is 3.55. The third kappa shape index (κ3) is 4.66. The molecule has 0 amide bonds. The van der Waals surface area contributed by atoms with Crippen molar-refractivity contribution in [2.24, 2.45) is 5.84 Å². The van der Waals surface area contributed by atoms with E-state index >= 15 is 0 Å². The van der Waals surface area contributed by atoms with E-state index in [9.17, 15) is 0 Å². The lowest BCUT2D eigenvalue weighted by Gasteiger charge is -2.10. The molecular weight excluding hydrogens is 334 g/mol. The Labute approximate surface area is 132 Å². The third-order valence-electron chi connectivity index (χ3n) is 2.77. The molecule has 0 saturated carbocycles. The lowest BCUT2D eigenvalue weighted by atomic mass is 10.2. The molecule has 0 fully saturated rings. The first-order chi connectivity index (χ1) is 10.2. The van der Waals surface area contributed by atoms with E-state index in [0.29, 0.717) is 37.2 Å². The summed E-state index contributed by atoms with van der Waals surface area (Å²) in [5, 5.41) is 3.26. The Balaban J connectivity index is 2.09. The molecule has 2 aromatic rings. The first-order valence-electron chi connectivity index (χ1n) is 6.62. The van der Waals surface area contributed by atoms with Gasteiger partial charge in [0.05, 0.1) is 0 Å². The predicted octanol–water partition coefficient (Wildman–Crippen LogP) is 2.67. The molecule has 0 unspecified atom stereocenters. The lowest BCUT2D eigenvalue weighted by molar-refractivity contribution is 0.128. The average molecular weight is 352 g/mol. The van der Waals surface area contributed by atoms with Crippen molar-refractivity contribution in [2.75, 3.05) is 17.3 Å². The quantitative estimate of drug-likeness (QED) is 0.525. The summed E-state index contributed by atoms with van der Waals surface area (Å²) in [5.74, 6) is 7.26. The Hall–Kier alpha value is -1.70. The molecule has 0 radical (unpaired) electrons. The van der Waals surface area contributed by atoms with Crippen LogP contribution in [0.5, 0.6) is 0 Å². The summed E-state index contributed by atoms with van der Waals surface area (Å²) >= 11 is 3.52. The summed E-state index contributed by atoms with van der Waals surface area (Å²) in [6.07, 6.45) is 0. The number of benzene rings is 1. The van der Waals surface area contributed by atoms with Crippen LogP contribution >= 0.6 is 15.9 Å². The van der Waals surface area contributed by atoms with Crippen molar-refractivity contribution >= 4 is 27.6 Å².